The van der Waals surface area contributed by atoms with Crippen molar-refractivity contribution in [3.8, 4) is 11.5 Å². The molecule has 0 saturated carbocycles. The summed E-state index contributed by atoms with van der Waals surface area (Å²) >= 11 is 9.69. The molecule has 4 N–H and O–H groups in total. The second-order valence-electron chi connectivity index (χ2n) is 7.57. The summed E-state index contributed by atoms with van der Waals surface area (Å²) in [5.74, 6) is 1.63. The Bertz CT molecular complexity index is 951. The Hall–Kier alpha value is -0.600. The van der Waals surface area contributed by atoms with E-state index in [2.05, 4.69) is 15.9 Å². The largest absolute Gasteiger partial charge is 0.498 e. The molecule has 2 aromatic rings. The molecule has 0 bridgehead atoms. The van der Waals surface area contributed by atoms with Crippen molar-refractivity contribution in [3.05, 3.63) is 44.9 Å². The van der Waals surface area contributed by atoms with E-state index < -0.39 is 0 Å². The van der Waals surface area contributed by atoms with E-state index in [1.165, 1.54) is 0 Å². The van der Waals surface area contributed by atoms with Crippen LogP contribution in [0, 0.1) is 0 Å². The van der Waals surface area contributed by atoms with Crippen LogP contribution in [0.3, 0.4) is 0 Å². The molecular weight excluding hydrogens is 577 g/mol. The smallest absolute Gasteiger partial charge is 0.492 e. The second kappa shape index (κ2) is 13.3. The molecule has 2 atom stereocenters. The Balaban J connectivity index is 0.000000227. The van der Waals surface area contributed by atoms with Crippen molar-refractivity contribution in [2.75, 3.05) is 39.5 Å². The van der Waals surface area contributed by atoms with Crippen molar-refractivity contribution < 1.29 is 28.1 Å². The highest BCUT2D eigenvalue weighted by Gasteiger charge is 2.43. The van der Waals surface area contributed by atoms with Crippen LogP contribution in [-0.2, 0) is 18.6 Å². The maximum Gasteiger partial charge on any atom is 0.498 e. The second-order valence-corrected chi connectivity index (χ2v) is 8.83. The molecule has 0 saturated heterocycles. The van der Waals surface area contributed by atoms with E-state index in [1.807, 2.05) is 24.3 Å². The number of benzene rings is 2. The predicted octanol–water partition coefficient (Wildman–Crippen LogP) is 1.92. The highest BCUT2D eigenvalue weighted by Crippen LogP contribution is 2.35. The van der Waals surface area contributed by atoms with Crippen LogP contribution >= 0.6 is 54.5 Å². The van der Waals surface area contributed by atoms with Gasteiger partial charge in [0.1, 0.15) is 24.7 Å². The van der Waals surface area contributed by atoms with Gasteiger partial charge >= 0.3 is 14.2 Å². The highest BCUT2D eigenvalue weighted by molar-refractivity contribution is 9.10. The minimum absolute atomic E-state index is 0. The van der Waals surface area contributed by atoms with Gasteiger partial charge in [0.25, 0.3) is 0 Å². The van der Waals surface area contributed by atoms with E-state index in [1.54, 1.807) is 0 Å². The fourth-order valence-electron chi connectivity index (χ4n) is 4.35. The van der Waals surface area contributed by atoms with Gasteiger partial charge in [0.2, 0.25) is 0 Å². The quantitative estimate of drug-likeness (QED) is 0.499. The zero-order chi connectivity index (χ0) is 22.2. The van der Waals surface area contributed by atoms with Crippen molar-refractivity contribution in [3.63, 3.8) is 0 Å². The van der Waals surface area contributed by atoms with Gasteiger partial charge in [0.05, 0.1) is 25.4 Å². The first-order chi connectivity index (χ1) is 15.6. The van der Waals surface area contributed by atoms with E-state index in [0.717, 1.165) is 38.0 Å². The van der Waals surface area contributed by atoms with Crippen molar-refractivity contribution >= 4 is 79.7 Å². The first-order valence-corrected chi connectivity index (χ1v) is 11.6. The van der Waals surface area contributed by atoms with Crippen molar-refractivity contribution in [1.82, 2.24) is 0 Å². The number of rotatable bonds is 2. The van der Waals surface area contributed by atoms with Crippen molar-refractivity contribution in [2.45, 2.75) is 19.6 Å². The molecule has 0 aromatic heterocycles. The summed E-state index contributed by atoms with van der Waals surface area (Å²) in [5, 5.41) is 0.658. The van der Waals surface area contributed by atoms with E-state index in [9.17, 15) is 0 Å². The Morgan fingerprint density at radius 1 is 0.800 bits per heavy atom. The topological polar surface area (TPSA) is 107 Å². The fraction of sp³-hybridized carbons (Fsp3) is 0.429. The van der Waals surface area contributed by atoms with Crippen LogP contribution in [0.2, 0.25) is 5.02 Å². The van der Waals surface area contributed by atoms with Crippen LogP contribution < -0.4 is 31.9 Å². The van der Waals surface area contributed by atoms with Crippen LogP contribution in [0.15, 0.2) is 28.7 Å². The number of hydrogen-bond donors (Lipinski definition) is 2. The summed E-state index contributed by atoms with van der Waals surface area (Å²) in [6.07, 6.45) is -0.315. The highest BCUT2D eigenvalue weighted by atomic mass is 79.9. The van der Waals surface area contributed by atoms with Gasteiger partial charge in [0.15, 0.2) is 0 Å². The monoisotopic (exact) mass is 606 g/mol. The molecule has 0 amide bonds. The summed E-state index contributed by atoms with van der Waals surface area (Å²) in [7, 11) is -0.724. The standard InChI is InChI=1S/C10H11BBrNO3.C10H11BClNO3.CH4.2H2S/c2*12-6-1-2-7-10-9(6)8(5-13)16-11(10)15-4-3-14-7;;;/h2*1-2,8H,3-5,13H2;1H4;2*1H2/t2*8-;;;/m11.../s1. The number of nitrogens with two attached hydrogens (primary N) is 2. The van der Waals surface area contributed by atoms with Gasteiger partial charge < -0.3 is 39.6 Å². The van der Waals surface area contributed by atoms with Gasteiger partial charge in [-0.25, -0.2) is 0 Å². The molecule has 35 heavy (non-hydrogen) atoms. The minimum atomic E-state index is -0.389. The molecule has 0 aliphatic carbocycles. The molecule has 14 heteroatoms. The molecule has 8 nitrogen and oxygen atoms in total. The summed E-state index contributed by atoms with van der Waals surface area (Å²) < 4.78 is 34.8. The van der Waals surface area contributed by atoms with E-state index in [4.69, 9.17) is 51.2 Å². The van der Waals surface area contributed by atoms with Gasteiger partial charge in [0, 0.05) is 39.1 Å². The molecule has 4 heterocycles. The molecule has 4 aliphatic rings. The van der Waals surface area contributed by atoms with Gasteiger partial charge in [-0.2, -0.15) is 27.0 Å². The number of hydrogen-bond acceptors (Lipinski definition) is 8. The summed E-state index contributed by atoms with van der Waals surface area (Å²) in [6.45, 7) is 2.95. The van der Waals surface area contributed by atoms with E-state index >= 15 is 0 Å². The molecule has 0 radical (unpaired) electrons. The maximum atomic E-state index is 6.17. The average Bonchev–Trinajstić information content (AvgIpc) is 3.22. The number of ether oxygens (including phenoxy) is 2. The predicted molar refractivity (Wildman–Crippen MR) is 153 cm³/mol. The fourth-order valence-corrected chi connectivity index (χ4v) is 5.24. The Kier molecular flexibility index (Phi) is 11.6. The lowest BCUT2D eigenvalue weighted by Gasteiger charge is -2.13. The van der Waals surface area contributed by atoms with Crippen molar-refractivity contribution in [1.29, 1.82) is 0 Å². The lowest BCUT2D eigenvalue weighted by Crippen LogP contribution is -2.31. The van der Waals surface area contributed by atoms with Crippen molar-refractivity contribution in [2.24, 2.45) is 11.5 Å². The van der Waals surface area contributed by atoms with Gasteiger partial charge in [-0.3, -0.25) is 0 Å². The van der Waals surface area contributed by atoms with Crippen LogP contribution in [0.25, 0.3) is 0 Å². The zero-order valence-electron chi connectivity index (χ0n) is 18.2. The first-order valence-electron chi connectivity index (χ1n) is 10.5. The Morgan fingerprint density at radius 2 is 1.29 bits per heavy atom. The molecule has 6 rings (SSSR count). The number of halogens is 2. The minimum Gasteiger partial charge on any atom is -0.492 e. The maximum absolute atomic E-state index is 6.17. The molecule has 0 fully saturated rings. The lowest BCUT2D eigenvalue weighted by molar-refractivity contribution is 0.147. The average molecular weight is 608 g/mol. The summed E-state index contributed by atoms with van der Waals surface area (Å²) in [4.78, 5) is 0. The molecule has 2 aromatic carbocycles. The molecule has 4 aliphatic heterocycles. The van der Waals surface area contributed by atoms with Gasteiger partial charge in [-0.15, -0.1) is 0 Å². The summed E-state index contributed by atoms with van der Waals surface area (Å²) in [6, 6.07) is 7.57. The van der Waals surface area contributed by atoms with Gasteiger partial charge in [-0.1, -0.05) is 35.0 Å². The van der Waals surface area contributed by atoms with Gasteiger partial charge in [-0.05, 0) is 29.8 Å². The molecule has 192 valence electrons. The first kappa shape index (κ1) is 30.6. The lowest BCUT2D eigenvalue weighted by atomic mass is 9.78. The molecular formula is C21H30B2BrClN2O6S2. The Labute approximate surface area is 233 Å². The SMILES string of the molecule is C.NC[C@H]1OB2OCCOc3ccc(Br)c1c32.NC[C@H]1OB2OCCOc3ccc(Cl)c1c32.S.S. The summed E-state index contributed by atoms with van der Waals surface area (Å²) in [5.41, 5.74) is 15.2. The molecule has 0 spiro atoms. The van der Waals surface area contributed by atoms with Crippen LogP contribution in [-0.4, -0.2) is 53.8 Å². The normalized spacial score (nSPS) is 20.7. The third-order valence-electron chi connectivity index (χ3n) is 5.73. The molecule has 0 unspecified atom stereocenters. The Morgan fingerprint density at radius 3 is 1.83 bits per heavy atom. The third-order valence-corrected chi connectivity index (χ3v) is 6.75. The van der Waals surface area contributed by atoms with E-state index in [0.29, 0.717) is 44.5 Å². The zero-order valence-corrected chi connectivity index (χ0v) is 22.6. The van der Waals surface area contributed by atoms with Crippen LogP contribution in [0.5, 0.6) is 11.5 Å². The third kappa shape index (κ3) is 5.79. The van der Waals surface area contributed by atoms with Crippen LogP contribution in [0.1, 0.15) is 30.8 Å². The van der Waals surface area contributed by atoms with Crippen LogP contribution in [0.4, 0.5) is 0 Å². The van der Waals surface area contributed by atoms with E-state index in [-0.39, 0.29) is 60.9 Å².